The summed E-state index contributed by atoms with van der Waals surface area (Å²) in [6, 6.07) is -0.0229. The van der Waals surface area contributed by atoms with Gasteiger partial charge in [-0.15, -0.1) is 0 Å². The fourth-order valence-electron chi connectivity index (χ4n) is 1.15. The lowest BCUT2D eigenvalue weighted by Gasteiger charge is -2.19. The molecule has 0 aromatic heterocycles. The number of carboxylic acid groups (broad SMARTS) is 1. The summed E-state index contributed by atoms with van der Waals surface area (Å²) < 4.78 is 25.2. The summed E-state index contributed by atoms with van der Waals surface area (Å²) in [5.41, 5.74) is 0. The first-order valence-electron chi connectivity index (χ1n) is 4.78. The van der Waals surface area contributed by atoms with Gasteiger partial charge < -0.3 is 10.4 Å². The molecular formula is C9H17F2NO2. The lowest BCUT2D eigenvalue weighted by Crippen LogP contribution is -2.43. The number of halogens is 2. The zero-order valence-corrected chi connectivity index (χ0v) is 8.52. The van der Waals surface area contributed by atoms with Crippen molar-refractivity contribution in [2.75, 3.05) is 6.54 Å². The number of alkyl halides is 2. The topological polar surface area (TPSA) is 49.3 Å². The Labute approximate surface area is 82.5 Å². The van der Waals surface area contributed by atoms with Gasteiger partial charge in [0.05, 0.1) is 6.54 Å². The molecule has 2 N–H and O–H groups in total. The second-order valence-electron chi connectivity index (χ2n) is 3.28. The van der Waals surface area contributed by atoms with Crippen LogP contribution in [-0.4, -0.2) is 29.6 Å². The normalized spacial score (nSPS) is 14.0. The van der Waals surface area contributed by atoms with Crippen molar-refractivity contribution in [3.05, 3.63) is 0 Å². The minimum Gasteiger partial charge on any atom is -0.477 e. The van der Waals surface area contributed by atoms with E-state index >= 15 is 0 Å². The monoisotopic (exact) mass is 209 g/mol. The maximum Gasteiger partial charge on any atom is 0.375 e. The van der Waals surface area contributed by atoms with Crippen molar-refractivity contribution in [2.24, 2.45) is 0 Å². The molecule has 1 atom stereocenters. The van der Waals surface area contributed by atoms with Crippen LogP contribution in [0.1, 0.15) is 33.1 Å². The van der Waals surface area contributed by atoms with Gasteiger partial charge in [-0.05, 0) is 12.8 Å². The first-order valence-corrected chi connectivity index (χ1v) is 4.78. The van der Waals surface area contributed by atoms with Gasteiger partial charge in [0.25, 0.3) is 0 Å². The largest absolute Gasteiger partial charge is 0.477 e. The van der Waals surface area contributed by atoms with Crippen molar-refractivity contribution in [1.82, 2.24) is 5.32 Å². The fourth-order valence-corrected chi connectivity index (χ4v) is 1.15. The summed E-state index contributed by atoms with van der Waals surface area (Å²) in [6.45, 7) is 3.05. The molecule has 14 heavy (non-hydrogen) atoms. The van der Waals surface area contributed by atoms with Crippen LogP contribution in [0.4, 0.5) is 8.78 Å². The smallest absolute Gasteiger partial charge is 0.375 e. The molecule has 5 heteroatoms. The molecule has 0 aliphatic rings. The van der Waals surface area contributed by atoms with E-state index in [1.807, 2.05) is 13.8 Å². The van der Waals surface area contributed by atoms with Crippen LogP contribution in [0, 0.1) is 0 Å². The Balaban J connectivity index is 3.95. The highest BCUT2D eigenvalue weighted by Gasteiger charge is 2.38. The average molecular weight is 209 g/mol. The predicted octanol–water partition coefficient (Wildman–Crippen LogP) is 1.87. The Hall–Kier alpha value is -0.710. The van der Waals surface area contributed by atoms with E-state index in [1.165, 1.54) is 0 Å². The summed E-state index contributed by atoms with van der Waals surface area (Å²) in [7, 11) is 0. The molecule has 0 aliphatic heterocycles. The Morgan fingerprint density at radius 3 is 2.43 bits per heavy atom. The van der Waals surface area contributed by atoms with E-state index in [1.54, 1.807) is 0 Å². The number of carboxylic acids is 1. The highest BCUT2D eigenvalue weighted by Crippen LogP contribution is 2.13. The number of rotatable bonds is 7. The summed E-state index contributed by atoms with van der Waals surface area (Å²) >= 11 is 0. The molecule has 1 unspecified atom stereocenters. The van der Waals surface area contributed by atoms with Gasteiger partial charge in [0.1, 0.15) is 0 Å². The van der Waals surface area contributed by atoms with Crippen LogP contribution in [0.2, 0.25) is 0 Å². The first kappa shape index (κ1) is 13.3. The molecule has 0 fully saturated rings. The van der Waals surface area contributed by atoms with E-state index in [-0.39, 0.29) is 6.04 Å². The van der Waals surface area contributed by atoms with Crippen molar-refractivity contribution in [3.8, 4) is 0 Å². The van der Waals surface area contributed by atoms with Gasteiger partial charge in [-0.1, -0.05) is 20.3 Å². The van der Waals surface area contributed by atoms with E-state index in [0.29, 0.717) is 0 Å². The highest BCUT2D eigenvalue weighted by molar-refractivity contribution is 5.75. The lowest BCUT2D eigenvalue weighted by molar-refractivity contribution is -0.164. The van der Waals surface area contributed by atoms with Crippen molar-refractivity contribution in [3.63, 3.8) is 0 Å². The van der Waals surface area contributed by atoms with Crippen molar-refractivity contribution in [2.45, 2.75) is 45.1 Å². The van der Waals surface area contributed by atoms with E-state index < -0.39 is 18.4 Å². The minimum atomic E-state index is -3.67. The van der Waals surface area contributed by atoms with Gasteiger partial charge in [0.15, 0.2) is 0 Å². The van der Waals surface area contributed by atoms with Crippen LogP contribution >= 0.6 is 0 Å². The third-order valence-electron chi connectivity index (χ3n) is 2.06. The number of hydrogen-bond acceptors (Lipinski definition) is 2. The van der Waals surface area contributed by atoms with Gasteiger partial charge in [0, 0.05) is 6.04 Å². The van der Waals surface area contributed by atoms with Gasteiger partial charge in [-0.3, -0.25) is 0 Å². The summed E-state index contributed by atoms with van der Waals surface area (Å²) in [4.78, 5) is 10.1. The molecule has 0 saturated carbocycles. The molecule has 0 saturated heterocycles. The molecule has 0 aromatic rings. The molecular weight excluding hydrogens is 192 g/mol. The SMILES string of the molecule is CCCC(CC)NCC(F)(F)C(=O)O. The molecule has 0 radical (unpaired) electrons. The standard InChI is InChI=1S/C9H17F2NO2/c1-3-5-7(4-2)12-6-9(10,11)8(13)14/h7,12H,3-6H2,1-2H3,(H,13,14). The number of hydrogen-bond donors (Lipinski definition) is 2. The molecule has 84 valence electrons. The third kappa shape index (κ3) is 4.50. The summed E-state index contributed by atoms with van der Waals surface area (Å²) in [5, 5.41) is 10.7. The van der Waals surface area contributed by atoms with E-state index in [2.05, 4.69) is 5.32 Å². The van der Waals surface area contributed by atoms with Crippen LogP contribution < -0.4 is 5.32 Å². The van der Waals surface area contributed by atoms with Crippen LogP contribution in [-0.2, 0) is 4.79 Å². The minimum absolute atomic E-state index is 0.0229. The molecule has 0 heterocycles. The second-order valence-corrected chi connectivity index (χ2v) is 3.28. The third-order valence-corrected chi connectivity index (χ3v) is 2.06. The van der Waals surface area contributed by atoms with Crippen molar-refractivity contribution in [1.29, 1.82) is 0 Å². The zero-order valence-electron chi connectivity index (χ0n) is 8.52. The average Bonchev–Trinajstić information content (AvgIpc) is 2.12. The van der Waals surface area contributed by atoms with Crippen LogP contribution in [0.5, 0.6) is 0 Å². The quantitative estimate of drug-likeness (QED) is 0.673. The highest BCUT2D eigenvalue weighted by atomic mass is 19.3. The van der Waals surface area contributed by atoms with Gasteiger partial charge in [-0.25, -0.2) is 4.79 Å². The van der Waals surface area contributed by atoms with E-state index in [4.69, 9.17) is 5.11 Å². The molecule has 0 aromatic carbocycles. The van der Waals surface area contributed by atoms with Crippen LogP contribution in [0.3, 0.4) is 0 Å². The molecule has 0 bridgehead atoms. The fraction of sp³-hybridized carbons (Fsp3) is 0.889. The number of aliphatic carboxylic acids is 1. The van der Waals surface area contributed by atoms with E-state index in [9.17, 15) is 13.6 Å². The maximum atomic E-state index is 12.6. The second kappa shape index (κ2) is 5.90. The van der Waals surface area contributed by atoms with E-state index in [0.717, 1.165) is 19.3 Å². The summed E-state index contributed by atoms with van der Waals surface area (Å²) in [5.74, 6) is -5.74. The molecule has 0 amide bonds. The Morgan fingerprint density at radius 1 is 1.50 bits per heavy atom. The maximum absolute atomic E-state index is 12.6. The molecule has 0 spiro atoms. The van der Waals surface area contributed by atoms with Crippen LogP contribution in [0.15, 0.2) is 0 Å². The molecule has 3 nitrogen and oxygen atoms in total. The molecule has 0 rings (SSSR count). The van der Waals surface area contributed by atoms with Crippen molar-refractivity contribution < 1.29 is 18.7 Å². The van der Waals surface area contributed by atoms with Crippen LogP contribution in [0.25, 0.3) is 0 Å². The van der Waals surface area contributed by atoms with Gasteiger partial charge >= 0.3 is 11.9 Å². The van der Waals surface area contributed by atoms with Gasteiger partial charge in [0.2, 0.25) is 0 Å². The Morgan fingerprint density at radius 2 is 2.07 bits per heavy atom. The zero-order chi connectivity index (χ0) is 11.2. The Kier molecular flexibility index (Phi) is 5.60. The van der Waals surface area contributed by atoms with Gasteiger partial charge in [-0.2, -0.15) is 8.78 Å². The summed E-state index contributed by atoms with van der Waals surface area (Å²) in [6.07, 6.45) is 2.40. The first-order chi connectivity index (χ1) is 6.44. The predicted molar refractivity (Wildman–Crippen MR) is 49.6 cm³/mol. The lowest BCUT2D eigenvalue weighted by atomic mass is 10.1. The Bertz CT molecular complexity index is 186. The van der Waals surface area contributed by atoms with Crippen molar-refractivity contribution >= 4 is 5.97 Å². The number of carbonyl (C=O) groups is 1. The number of nitrogens with one attached hydrogen (secondary N) is 1. The molecule has 0 aliphatic carbocycles.